The Labute approximate surface area is 109 Å². The largest absolute Gasteiger partial charge is 0.312 e. The van der Waals surface area contributed by atoms with Gasteiger partial charge in [0.1, 0.15) is 16.6 Å². The minimum Gasteiger partial charge on any atom is -0.312 e. The van der Waals surface area contributed by atoms with Gasteiger partial charge in [-0.15, -0.1) is 11.3 Å². The molecule has 2 rings (SSSR count). The van der Waals surface area contributed by atoms with Gasteiger partial charge in [0.05, 0.1) is 5.56 Å². The summed E-state index contributed by atoms with van der Waals surface area (Å²) in [6.45, 7) is 4.85. The fourth-order valence-electron chi connectivity index (χ4n) is 2.09. The van der Waals surface area contributed by atoms with Crippen molar-refractivity contribution < 1.29 is 9.59 Å². The molecule has 1 amide bonds. The molecule has 0 atom stereocenters. The van der Waals surface area contributed by atoms with Gasteiger partial charge in [0.2, 0.25) is 0 Å². The van der Waals surface area contributed by atoms with Crippen LogP contribution in [0.4, 0.5) is 5.00 Å². The first-order valence-electron chi connectivity index (χ1n) is 5.60. The van der Waals surface area contributed by atoms with E-state index >= 15 is 0 Å². The van der Waals surface area contributed by atoms with Crippen molar-refractivity contribution in [1.82, 2.24) is 0 Å². The number of amides is 1. The molecule has 1 aromatic heterocycles. The van der Waals surface area contributed by atoms with Crippen LogP contribution in [0.3, 0.4) is 0 Å². The third-order valence-electron chi connectivity index (χ3n) is 2.91. The Morgan fingerprint density at radius 3 is 2.78 bits per heavy atom. The first kappa shape index (κ1) is 12.5. The summed E-state index contributed by atoms with van der Waals surface area (Å²) in [5.74, 6) is -0.591. The zero-order chi connectivity index (χ0) is 13.3. The fraction of sp³-hybridized carbons (Fsp3) is 0.308. The maximum Gasteiger partial charge on any atom is 0.266 e. The number of Topliss-reactive ketones (excluding diaryl/α,β-unsaturated/α-hetero) is 1. The lowest BCUT2D eigenvalue weighted by Gasteiger charge is -2.04. The van der Waals surface area contributed by atoms with Crippen molar-refractivity contribution >= 4 is 28.0 Å². The van der Waals surface area contributed by atoms with Gasteiger partial charge < -0.3 is 5.32 Å². The van der Waals surface area contributed by atoms with Gasteiger partial charge in [0, 0.05) is 4.88 Å². The third kappa shape index (κ3) is 2.07. The SMILES string of the molecule is C=C(C#N)C(=O)Nc1sc2c(c1C(C)=O)CCC2. The Kier molecular flexibility index (Phi) is 3.30. The lowest BCUT2D eigenvalue weighted by atomic mass is 10.1. The predicted molar refractivity (Wildman–Crippen MR) is 69.7 cm³/mol. The lowest BCUT2D eigenvalue weighted by Crippen LogP contribution is -2.14. The quantitative estimate of drug-likeness (QED) is 0.515. The van der Waals surface area contributed by atoms with Crippen molar-refractivity contribution in [2.24, 2.45) is 0 Å². The minimum absolute atomic E-state index is 0.0488. The zero-order valence-corrected chi connectivity index (χ0v) is 10.8. The van der Waals surface area contributed by atoms with Gasteiger partial charge in [-0.25, -0.2) is 0 Å². The van der Waals surface area contributed by atoms with E-state index in [-0.39, 0.29) is 11.4 Å². The van der Waals surface area contributed by atoms with E-state index in [0.717, 1.165) is 29.7 Å². The molecule has 0 saturated carbocycles. The van der Waals surface area contributed by atoms with Crippen LogP contribution in [0.25, 0.3) is 0 Å². The highest BCUT2D eigenvalue weighted by Crippen LogP contribution is 2.39. The molecular weight excluding hydrogens is 248 g/mol. The number of carbonyl (C=O) groups excluding carboxylic acids is 2. The highest BCUT2D eigenvalue weighted by Gasteiger charge is 2.25. The maximum atomic E-state index is 11.7. The second-order valence-corrected chi connectivity index (χ2v) is 5.27. The van der Waals surface area contributed by atoms with Crippen LogP contribution >= 0.6 is 11.3 Å². The van der Waals surface area contributed by atoms with Gasteiger partial charge in [-0.1, -0.05) is 6.58 Å². The molecule has 92 valence electrons. The predicted octanol–water partition coefficient (Wildman–Crippen LogP) is 2.46. The van der Waals surface area contributed by atoms with Crippen molar-refractivity contribution in [3.63, 3.8) is 0 Å². The number of hydrogen-bond donors (Lipinski definition) is 1. The van der Waals surface area contributed by atoms with Gasteiger partial charge in [-0.2, -0.15) is 5.26 Å². The van der Waals surface area contributed by atoms with Crippen molar-refractivity contribution in [2.75, 3.05) is 5.32 Å². The lowest BCUT2D eigenvalue weighted by molar-refractivity contribution is -0.112. The second-order valence-electron chi connectivity index (χ2n) is 4.16. The van der Waals surface area contributed by atoms with Crippen LogP contribution in [-0.2, 0) is 17.6 Å². The van der Waals surface area contributed by atoms with Crippen LogP contribution in [0.15, 0.2) is 12.2 Å². The molecule has 0 radical (unpaired) electrons. The Morgan fingerprint density at radius 1 is 1.44 bits per heavy atom. The van der Waals surface area contributed by atoms with Crippen LogP contribution in [0.5, 0.6) is 0 Å². The molecule has 18 heavy (non-hydrogen) atoms. The molecule has 5 heteroatoms. The Balaban J connectivity index is 2.35. The Hall–Kier alpha value is -1.93. The first-order chi connectivity index (χ1) is 8.54. The molecule has 4 nitrogen and oxygen atoms in total. The van der Waals surface area contributed by atoms with E-state index in [2.05, 4.69) is 11.9 Å². The average Bonchev–Trinajstić information content (AvgIpc) is 2.86. The van der Waals surface area contributed by atoms with Crippen molar-refractivity contribution in [3.8, 4) is 6.07 Å². The van der Waals surface area contributed by atoms with E-state index < -0.39 is 5.91 Å². The molecule has 0 aromatic carbocycles. The zero-order valence-electron chi connectivity index (χ0n) is 10.0. The number of nitrogens with one attached hydrogen (secondary N) is 1. The molecule has 1 aliphatic carbocycles. The van der Waals surface area contributed by atoms with Crippen LogP contribution in [0.2, 0.25) is 0 Å². The molecule has 1 N–H and O–H groups in total. The van der Waals surface area contributed by atoms with Crippen molar-refractivity contribution in [3.05, 3.63) is 28.2 Å². The monoisotopic (exact) mass is 260 g/mol. The summed E-state index contributed by atoms with van der Waals surface area (Å²) < 4.78 is 0. The number of rotatable bonds is 3. The van der Waals surface area contributed by atoms with E-state index in [1.807, 2.05) is 0 Å². The van der Waals surface area contributed by atoms with Crippen LogP contribution < -0.4 is 5.32 Å². The second kappa shape index (κ2) is 4.75. The number of hydrogen-bond acceptors (Lipinski definition) is 4. The van der Waals surface area contributed by atoms with Crippen LogP contribution in [-0.4, -0.2) is 11.7 Å². The summed E-state index contributed by atoms with van der Waals surface area (Å²) in [6, 6.07) is 1.70. The smallest absolute Gasteiger partial charge is 0.266 e. The first-order valence-corrected chi connectivity index (χ1v) is 6.42. The van der Waals surface area contributed by atoms with Crippen molar-refractivity contribution in [1.29, 1.82) is 5.26 Å². The van der Waals surface area contributed by atoms with Crippen molar-refractivity contribution in [2.45, 2.75) is 26.2 Å². The Morgan fingerprint density at radius 2 is 2.17 bits per heavy atom. The van der Waals surface area contributed by atoms with E-state index in [9.17, 15) is 9.59 Å². The number of thiophene rings is 1. The molecule has 0 unspecified atom stereocenters. The summed E-state index contributed by atoms with van der Waals surface area (Å²) in [4.78, 5) is 24.4. The van der Waals surface area contributed by atoms with E-state index in [1.165, 1.54) is 18.3 Å². The molecule has 1 heterocycles. The normalized spacial score (nSPS) is 12.7. The molecule has 0 aliphatic heterocycles. The van der Waals surface area contributed by atoms with Gasteiger partial charge in [-0.3, -0.25) is 9.59 Å². The van der Waals surface area contributed by atoms with E-state index in [0.29, 0.717) is 10.6 Å². The van der Waals surface area contributed by atoms with Crippen LogP contribution in [0.1, 0.15) is 34.1 Å². The summed E-state index contributed by atoms with van der Waals surface area (Å²) in [5, 5.41) is 11.8. The standard InChI is InChI=1S/C13H12N2O2S/c1-7(6-14)12(17)15-13-11(8(2)16)9-4-3-5-10(9)18-13/h1,3-5H2,2H3,(H,15,17). The molecule has 0 spiro atoms. The van der Waals surface area contributed by atoms with Crippen LogP contribution in [0, 0.1) is 11.3 Å². The molecule has 1 aliphatic rings. The summed E-state index contributed by atoms with van der Waals surface area (Å²) in [7, 11) is 0. The van der Waals surface area contributed by atoms with E-state index in [4.69, 9.17) is 5.26 Å². The fourth-order valence-corrected chi connectivity index (χ4v) is 3.43. The number of nitrogens with zero attached hydrogens (tertiary/aromatic N) is 1. The minimum atomic E-state index is -0.542. The molecule has 1 aromatic rings. The summed E-state index contributed by atoms with van der Waals surface area (Å²) >= 11 is 1.43. The highest BCUT2D eigenvalue weighted by molar-refractivity contribution is 7.17. The molecule has 0 fully saturated rings. The number of nitriles is 1. The van der Waals surface area contributed by atoms with Gasteiger partial charge >= 0.3 is 0 Å². The van der Waals surface area contributed by atoms with Gasteiger partial charge in [0.15, 0.2) is 5.78 Å². The topological polar surface area (TPSA) is 70.0 Å². The Bertz CT molecular complexity index is 593. The van der Waals surface area contributed by atoms with E-state index in [1.54, 1.807) is 6.07 Å². The summed E-state index contributed by atoms with van der Waals surface area (Å²) in [5.41, 5.74) is 1.51. The van der Waals surface area contributed by atoms with Gasteiger partial charge in [-0.05, 0) is 31.7 Å². The number of ketones is 1. The maximum absolute atomic E-state index is 11.7. The number of carbonyl (C=O) groups is 2. The molecule has 0 saturated heterocycles. The number of fused-ring (bicyclic) bond motifs is 1. The van der Waals surface area contributed by atoms with Gasteiger partial charge in [0.25, 0.3) is 5.91 Å². The number of anilines is 1. The third-order valence-corrected chi connectivity index (χ3v) is 4.12. The molecule has 0 bridgehead atoms. The summed E-state index contributed by atoms with van der Waals surface area (Å²) in [6.07, 6.45) is 2.89. The number of aryl methyl sites for hydroxylation is 1. The highest BCUT2D eigenvalue weighted by atomic mass is 32.1. The molecular formula is C13H12N2O2S. The average molecular weight is 260 g/mol.